The summed E-state index contributed by atoms with van der Waals surface area (Å²) in [6.45, 7) is 4.14. The van der Waals surface area contributed by atoms with Crippen molar-refractivity contribution in [2.24, 2.45) is 0 Å². The van der Waals surface area contributed by atoms with Crippen molar-refractivity contribution in [2.45, 2.75) is 25.4 Å². The topological polar surface area (TPSA) is 20.2 Å². The number of hydrogen-bond acceptors (Lipinski definition) is 1. The summed E-state index contributed by atoms with van der Waals surface area (Å²) in [5, 5.41) is 9.80. The third kappa shape index (κ3) is 1.20. The average Bonchev–Trinajstić information content (AvgIpc) is 2.13. The molecule has 0 aromatic heterocycles. The van der Waals surface area contributed by atoms with Crippen LogP contribution in [0.2, 0.25) is 0 Å². The fourth-order valence-electron chi connectivity index (χ4n) is 1.82. The van der Waals surface area contributed by atoms with Crippen LogP contribution in [0.4, 0.5) is 0 Å². The van der Waals surface area contributed by atoms with Gasteiger partial charge in [-0.3, -0.25) is 0 Å². The molecule has 0 saturated carbocycles. The summed E-state index contributed by atoms with van der Waals surface area (Å²) in [6, 6.07) is 8.21. The van der Waals surface area contributed by atoms with Gasteiger partial charge in [-0.05, 0) is 11.1 Å². The Labute approximate surface area is 78.7 Å². The van der Waals surface area contributed by atoms with Crippen LogP contribution in [0, 0.1) is 0 Å². The van der Waals surface area contributed by atoms with Gasteiger partial charge in [0.1, 0.15) is 0 Å². The lowest BCUT2D eigenvalue weighted by molar-refractivity contribution is 0.143. The summed E-state index contributed by atoms with van der Waals surface area (Å²) in [4.78, 5) is 0. The monoisotopic (exact) mass is 174 g/mol. The zero-order valence-electron chi connectivity index (χ0n) is 7.99. The first-order chi connectivity index (χ1) is 6.12. The molecule has 1 aliphatic rings. The molecule has 13 heavy (non-hydrogen) atoms. The first-order valence-electron chi connectivity index (χ1n) is 4.58. The van der Waals surface area contributed by atoms with Crippen LogP contribution in [0.15, 0.2) is 30.3 Å². The Balaban J connectivity index is 2.61. The molecule has 0 unspecified atom stereocenters. The largest absolute Gasteiger partial charge is 0.388 e. The second-order valence-corrected chi connectivity index (χ2v) is 4.11. The van der Waals surface area contributed by atoms with Crippen LogP contribution in [0.1, 0.15) is 25.0 Å². The van der Waals surface area contributed by atoms with Crippen LogP contribution >= 0.6 is 0 Å². The van der Waals surface area contributed by atoms with Crippen molar-refractivity contribution < 1.29 is 5.11 Å². The summed E-state index contributed by atoms with van der Waals surface area (Å²) < 4.78 is 0. The standard InChI is InChI=1S/C12H14O/c1-12(2)10-6-4-3-5-9(10)7-8-11(12)13/h3-8,11,13H,1-2H3/t11-/m0/s1. The van der Waals surface area contributed by atoms with Crippen LogP contribution < -0.4 is 0 Å². The van der Waals surface area contributed by atoms with Crippen molar-refractivity contribution in [3.05, 3.63) is 41.5 Å². The van der Waals surface area contributed by atoms with Crippen LogP contribution in [0.25, 0.3) is 6.08 Å². The number of aliphatic hydroxyl groups is 1. The molecule has 68 valence electrons. The van der Waals surface area contributed by atoms with E-state index in [2.05, 4.69) is 26.0 Å². The SMILES string of the molecule is CC1(C)c2ccccc2C=C[C@@H]1O. The molecule has 0 bridgehead atoms. The van der Waals surface area contributed by atoms with Gasteiger partial charge in [0.15, 0.2) is 0 Å². The van der Waals surface area contributed by atoms with E-state index in [9.17, 15) is 5.11 Å². The van der Waals surface area contributed by atoms with Crippen LogP contribution in [-0.2, 0) is 5.41 Å². The predicted molar refractivity (Wildman–Crippen MR) is 54.5 cm³/mol. The van der Waals surface area contributed by atoms with Gasteiger partial charge in [-0.25, -0.2) is 0 Å². The van der Waals surface area contributed by atoms with E-state index in [1.54, 1.807) is 0 Å². The summed E-state index contributed by atoms with van der Waals surface area (Å²) in [5.74, 6) is 0. The van der Waals surface area contributed by atoms with Crippen molar-refractivity contribution in [3.63, 3.8) is 0 Å². The molecule has 0 spiro atoms. The maximum Gasteiger partial charge on any atom is 0.0815 e. The Morgan fingerprint density at radius 3 is 2.69 bits per heavy atom. The Kier molecular flexibility index (Phi) is 1.77. The lowest BCUT2D eigenvalue weighted by Gasteiger charge is -2.33. The molecule has 1 atom stereocenters. The maximum absolute atomic E-state index is 9.80. The summed E-state index contributed by atoms with van der Waals surface area (Å²) in [7, 11) is 0. The lowest BCUT2D eigenvalue weighted by atomic mass is 9.74. The molecule has 0 aliphatic heterocycles. The smallest absolute Gasteiger partial charge is 0.0815 e. The molecule has 1 aromatic rings. The molecule has 1 aliphatic carbocycles. The number of aliphatic hydroxyl groups excluding tert-OH is 1. The minimum atomic E-state index is -0.373. The van der Waals surface area contributed by atoms with Crippen molar-refractivity contribution in [1.82, 2.24) is 0 Å². The minimum absolute atomic E-state index is 0.161. The summed E-state index contributed by atoms with van der Waals surface area (Å²) in [5.41, 5.74) is 2.29. The summed E-state index contributed by atoms with van der Waals surface area (Å²) in [6.07, 6.45) is 3.48. The first-order valence-corrected chi connectivity index (χ1v) is 4.58. The van der Waals surface area contributed by atoms with E-state index in [1.165, 1.54) is 11.1 Å². The Bertz CT molecular complexity index is 350. The van der Waals surface area contributed by atoms with E-state index in [4.69, 9.17) is 0 Å². The Morgan fingerprint density at radius 1 is 1.23 bits per heavy atom. The molecule has 0 amide bonds. The molecular weight excluding hydrogens is 160 g/mol. The van der Waals surface area contributed by atoms with Crippen LogP contribution in [-0.4, -0.2) is 11.2 Å². The van der Waals surface area contributed by atoms with Gasteiger partial charge in [-0.15, -0.1) is 0 Å². The molecular formula is C12H14O. The quantitative estimate of drug-likeness (QED) is 0.640. The van der Waals surface area contributed by atoms with Gasteiger partial charge in [0.25, 0.3) is 0 Å². The highest BCUT2D eigenvalue weighted by molar-refractivity contribution is 5.60. The molecule has 2 rings (SSSR count). The molecule has 0 saturated heterocycles. The molecule has 1 heteroatoms. The highest BCUT2D eigenvalue weighted by Crippen LogP contribution is 2.34. The van der Waals surface area contributed by atoms with Gasteiger partial charge in [0.2, 0.25) is 0 Å². The van der Waals surface area contributed by atoms with E-state index in [0.717, 1.165) is 0 Å². The lowest BCUT2D eigenvalue weighted by Crippen LogP contribution is -2.34. The van der Waals surface area contributed by atoms with Gasteiger partial charge in [-0.1, -0.05) is 50.3 Å². The number of benzene rings is 1. The van der Waals surface area contributed by atoms with Gasteiger partial charge in [-0.2, -0.15) is 0 Å². The van der Waals surface area contributed by atoms with Crippen molar-refractivity contribution >= 4 is 6.08 Å². The second kappa shape index (κ2) is 2.71. The molecule has 0 fully saturated rings. The van der Waals surface area contributed by atoms with Gasteiger partial charge in [0, 0.05) is 5.41 Å². The van der Waals surface area contributed by atoms with Crippen molar-refractivity contribution in [2.75, 3.05) is 0 Å². The normalized spacial score (nSPS) is 24.1. The predicted octanol–water partition coefficient (Wildman–Crippen LogP) is 2.35. The number of fused-ring (bicyclic) bond motifs is 1. The minimum Gasteiger partial charge on any atom is -0.388 e. The van der Waals surface area contributed by atoms with Crippen molar-refractivity contribution in [3.8, 4) is 0 Å². The fourth-order valence-corrected chi connectivity index (χ4v) is 1.82. The first kappa shape index (κ1) is 8.52. The highest BCUT2D eigenvalue weighted by Gasteiger charge is 2.31. The third-order valence-corrected chi connectivity index (χ3v) is 2.85. The van der Waals surface area contributed by atoms with Gasteiger partial charge >= 0.3 is 0 Å². The summed E-state index contributed by atoms with van der Waals surface area (Å²) >= 11 is 0. The van der Waals surface area contributed by atoms with E-state index >= 15 is 0 Å². The fraction of sp³-hybridized carbons (Fsp3) is 0.333. The third-order valence-electron chi connectivity index (χ3n) is 2.85. The zero-order valence-corrected chi connectivity index (χ0v) is 7.99. The number of rotatable bonds is 0. The second-order valence-electron chi connectivity index (χ2n) is 4.11. The molecule has 0 heterocycles. The van der Waals surface area contributed by atoms with E-state index < -0.39 is 0 Å². The van der Waals surface area contributed by atoms with E-state index in [0.29, 0.717) is 0 Å². The van der Waals surface area contributed by atoms with Crippen LogP contribution in [0.5, 0.6) is 0 Å². The Hall–Kier alpha value is -1.08. The average molecular weight is 174 g/mol. The number of hydrogen-bond donors (Lipinski definition) is 1. The molecule has 0 radical (unpaired) electrons. The molecule has 1 N–H and O–H groups in total. The zero-order chi connectivity index (χ0) is 9.47. The van der Waals surface area contributed by atoms with Gasteiger partial charge < -0.3 is 5.11 Å². The highest BCUT2D eigenvalue weighted by atomic mass is 16.3. The molecule has 1 aromatic carbocycles. The van der Waals surface area contributed by atoms with Crippen molar-refractivity contribution in [1.29, 1.82) is 0 Å². The Morgan fingerprint density at radius 2 is 1.92 bits per heavy atom. The van der Waals surface area contributed by atoms with Crippen LogP contribution in [0.3, 0.4) is 0 Å². The van der Waals surface area contributed by atoms with E-state index in [-0.39, 0.29) is 11.5 Å². The van der Waals surface area contributed by atoms with E-state index in [1.807, 2.05) is 24.3 Å². The van der Waals surface area contributed by atoms with Gasteiger partial charge in [0.05, 0.1) is 6.10 Å². The maximum atomic E-state index is 9.80. The molecule has 1 nitrogen and oxygen atoms in total.